The van der Waals surface area contributed by atoms with E-state index in [1.165, 1.54) is 116 Å². The number of amides is 9. The van der Waals surface area contributed by atoms with E-state index in [-0.39, 0.29) is 126 Å². The summed E-state index contributed by atoms with van der Waals surface area (Å²) >= 11 is 0. The standard InChI is InChI=1S/C16H29NO3.C14H23NO4.C14H25NO3.C12H19NO4.C12H21NO3.C10H15NO4.C10H17NO3.C8H13NO4.C8H13NO3/c1-2-3-4-5-6-7-8-9-10-11-15(18)17-14-12-13-20-16(14)19;1-2-3-4-5-6-7-11(16)10-13(17)15-12-8-9-19-14(12)18;1-2-3-4-5-6-7-8-9-13(16)15-12-10-11-18-14(12)17;1-2-3-4-5-9(14)8-11(15)13-10-6-7-17-12(10)16;1-2-3-4-5-6-7-11(14)13-10-8-9-16-12(10)15;1-2-3-7(12)6-9(13)11-8-4-5-15-10(8)14;1-2-3-4-5-9(12)11-8-6-7-14-10(8)13;1-5(10)4-7(11)9-6-2-3-13-8(6)12;1-2-3-7(10)9-6-4-5-12-8(6)11/h14H,2-13H2,1H3,(H,17,18);12H,2-10H2,1H3,(H,15,17);12H,2-11H2,1H3,(H,15,16);10H,2-8H2,1H3,(H,13,15);10H,2-9H2,1H3,(H,13,14);8H,2-6H2,1H3,(H,11,13);8H,2-7H2,1H3,(H,11,12);5-6,10H,2-4H2,1H3,(H,9,11);6H,2-5H2,1H3,(H,9,10)/t14-;2*12-;2*10-;2*8-;5?,6-;6-/m000000000/s1. The molecule has 10 N–H and O–H groups in total. The van der Waals surface area contributed by atoms with E-state index >= 15 is 0 Å². The number of hydrogen-bond acceptors (Lipinski definition) is 31. The third-order valence-corrected chi connectivity index (χ3v) is 23.6. The van der Waals surface area contributed by atoms with Crippen LogP contribution in [0.3, 0.4) is 0 Å². The Labute approximate surface area is 851 Å². The van der Waals surface area contributed by atoms with Crippen LogP contribution in [0.1, 0.15) is 415 Å². The van der Waals surface area contributed by atoms with Crippen molar-refractivity contribution >= 4 is 124 Å². The maximum absolute atomic E-state index is 11.6. The van der Waals surface area contributed by atoms with Gasteiger partial charge in [0, 0.05) is 109 Å². The van der Waals surface area contributed by atoms with Crippen molar-refractivity contribution in [3.63, 3.8) is 0 Å². The second kappa shape index (κ2) is 84.6. The summed E-state index contributed by atoms with van der Waals surface area (Å²) in [5.74, 6) is -4.94. The lowest BCUT2D eigenvalue weighted by molar-refractivity contribution is -0.142. The van der Waals surface area contributed by atoms with E-state index in [1.807, 2.05) is 13.8 Å². The summed E-state index contributed by atoms with van der Waals surface area (Å²) in [6.07, 6.45) is 45.9. The van der Waals surface area contributed by atoms with Crippen molar-refractivity contribution < 1.29 is 148 Å². The van der Waals surface area contributed by atoms with E-state index in [0.717, 1.165) is 109 Å². The first-order valence-electron chi connectivity index (χ1n) is 53.5. The Morgan fingerprint density at radius 2 is 0.361 bits per heavy atom. The lowest BCUT2D eigenvalue weighted by Crippen LogP contribution is -2.39. The van der Waals surface area contributed by atoms with Crippen molar-refractivity contribution in [2.24, 2.45) is 0 Å². The maximum Gasteiger partial charge on any atom is 0.328 e. The summed E-state index contributed by atoms with van der Waals surface area (Å²) in [6.45, 7) is 21.8. The third kappa shape index (κ3) is 67.9. The number of ether oxygens (including phenoxy) is 9. The molecule has 9 fully saturated rings. The molecule has 1 unspecified atom stereocenters. The van der Waals surface area contributed by atoms with Gasteiger partial charge in [0.1, 0.15) is 71.7 Å². The van der Waals surface area contributed by atoms with Crippen molar-refractivity contribution in [1.82, 2.24) is 47.9 Å². The highest BCUT2D eigenvalue weighted by Gasteiger charge is 2.36. The maximum atomic E-state index is 11.6. The molecule has 0 bridgehead atoms. The molecule has 10 atom stereocenters. The molecular formula is C104H175N9O31. The van der Waals surface area contributed by atoms with Crippen molar-refractivity contribution in [3.05, 3.63) is 0 Å². The minimum Gasteiger partial charge on any atom is -0.464 e. The smallest absolute Gasteiger partial charge is 0.328 e. The van der Waals surface area contributed by atoms with Crippen LogP contribution < -0.4 is 47.9 Å². The predicted octanol–water partition coefficient (Wildman–Crippen LogP) is 11.0. The minimum absolute atomic E-state index is 0.0169. The monoisotopic (exact) mass is 2050 g/mol. The largest absolute Gasteiger partial charge is 0.464 e. The number of rotatable bonds is 59. The predicted molar refractivity (Wildman–Crippen MR) is 532 cm³/mol. The molecule has 9 rings (SSSR count). The molecule has 0 saturated carbocycles. The van der Waals surface area contributed by atoms with Crippen molar-refractivity contribution in [3.8, 4) is 0 Å². The van der Waals surface area contributed by atoms with Gasteiger partial charge in [-0.2, -0.15) is 0 Å². The van der Waals surface area contributed by atoms with Gasteiger partial charge in [-0.1, -0.05) is 222 Å². The van der Waals surface area contributed by atoms with E-state index in [4.69, 9.17) is 38.3 Å². The number of unbranched alkanes of at least 4 members (excludes halogenated alkanes) is 26. The Kier molecular flexibility index (Phi) is 77.2. The fraction of sp³-hybridized carbons (Fsp3) is 0.798. The van der Waals surface area contributed by atoms with Crippen molar-refractivity contribution in [2.45, 2.75) is 476 Å². The molecule has 144 heavy (non-hydrogen) atoms. The molecule has 40 heteroatoms. The van der Waals surface area contributed by atoms with Gasteiger partial charge in [0.05, 0.1) is 91.2 Å². The molecule has 0 aromatic carbocycles. The van der Waals surface area contributed by atoms with Crippen LogP contribution in [0, 0.1) is 0 Å². The van der Waals surface area contributed by atoms with Crippen LogP contribution in [-0.4, -0.2) is 249 Å². The van der Waals surface area contributed by atoms with E-state index in [2.05, 4.69) is 98.9 Å². The molecule has 0 aromatic heterocycles. The quantitative estimate of drug-likeness (QED) is 0.0117. The van der Waals surface area contributed by atoms with E-state index < -0.39 is 84.3 Å². The molecule has 40 nitrogen and oxygen atoms in total. The van der Waals surface area contributed by atoms with E-state index in [1.54, 1.807) is 0 Å². The molecule has 0 spiro atoms. The number of nitrogens with one attached hydrogen (secondary N) is 9. The Hall–Kier alpha value is -10.6. The van der Waals surface area contributed by atoms with Gasteiger partial charge in [0.25, 0.3) is 0 Å². The van der Waals surface area contributed by atoms with Gasteiger partial charge in [0.2, 0.25) is 53.2 Å². The Bertz CT molecular complexity index is 3830. The number of carbonyl (C=O) groups is 21. The average Bonchev–Trinajstić information content (AvgIpc) is 1.80. The van der Waals surface area contributed by atoms with Crippen molar-refractivity contribution in [2.75, 3.05) is 59.5 Å². The number of ketones is 3. The zero-order valence-electron chi connectivity index (χ0n) is 87.7. The van der Waals surface area contributed by atoms with Crippen LogP contribution in [0.15, 0.2) is 0 Å². The summed E-state index contributed by atoms with van der Waals surface area (Å²) in [5, 5.41) is 32.4. The summed E-state index contributed by atoms with van der Waals surface area (Å²) < 4.78 is 42.6. The number of aliphatic hydroxyl groups is 1. The van der Waals surface area contributed by atoms with Crippen LogP contribution in [-0.2, 0) is 143 Å². The normalized spacial score (nSPS) is 19.7. The Morgan fingerprint density at radius 1 is 0.208 bits per heavy atom. The Balaban J connectivity index is 0.000000813. The highest BCUT2D eigenvalue weighted by atomic mass is 16.6. The van der Waals surface area contributed by atoms with Crippen LogP contribution in [0.5, 0.6) is 0 Å². The molecule has 0 aliphatic carbocycles. The first-order chi connectivity index (χ1) is 69.2. The average molecular weight is 2050 g/mol. The molecule has 9 aliphatic rings. The van der Waals surface area contributed by atoms with Gasteiger partial charge in [-0.25, -0.2) is 43.2 Å². The summed E-state index contributed by atoms with van der Waals surface area (Å²) in [4.78, 5) is 236. The zero-order chi connectivity index (χ0) is 107. The van der Waals surface area contributed by atoms with Gasteiger partial charge >= 0.3 is 53.7 Å². The molecule has 9 amide bonds. The van der Waals surface area contributed by atoms with Gasteiger partial charge in [-0.15, -0.1) is 0 Å². The Morgan fingerprint density at radius 3 is 0.549 bits per heavy atom. The molecule has 9 heterocycles. The van der Waals surface area contributed by atoms with Crippen molar-refractivity contribution in [1.29, 1.82) is 0 Å². The van der Waals surface area contributed by atoms with Gasteiger partial charge in [-0.3, -0.25) is 57.5 Å². The second-order valence-corrected chi connectivity index (χ2v) is 37.1. The molecular weight excluding hydrogens is 1870 g/mol. The second-order valence-electron chi connectivity index (χ2n) is 37.1. The lowest BCUT2D eigenvalue weighted by Gasteiger charge is -2.09. The summed E-state index contributed by atoms with van der Waals surface area (Å²) in [7, 11) is 0. The van der Waals surface area contributed by atoms with Gasteiger partial charge in [0.15, 0.2) is 0 Å². The van der Waals surface area contributed by atoms with E-state index in [0.29, 0.717) is 169 Å². The van der Waals surface area contributed by atoms with E-state index in [9.17, 15) is 101 Å². The minimum atomic E-state index is -0.683. The fourth-order valence-electron chi connectivity index (χ4n) is 15.3. The number of carbonyl (C=O) groups excluding carboxylic acids is 21. The third-order valence-electron chi connectivity index (χ3n) is 23.6. The molecule has 0 radical (unpaired) electrons. The number of aliphatic hydroxyl groups excluding tert-OH is 1. The van der Waals surface area contributed by atoms with Crippen LogP contribution in [0.4, 0.5) is 0 Å². The topological polar surface area (TPSA) is 570 Å². The zero-order valence-corrected chi connectivity index (χ0v) is 87.7. The molecule has 0 aromatic rings. The molecule has 9 aliphatic heterocycles. The highest BCUT2D eigenvalue weighted by molar-refractivity contribution is 6.01. The van der Waals surface area contributed by atoms with Crippen LogP contribution >= 0.6 is 0 Å². The van der Waals surface area contributed by atoms with Crippen LogP contribution in [0.25, 0.3) is 0 Å². The SMILES string of the molecule is CC(O)CC(=O)N[C@H]1CCOC1=O.CCCC(=O)CC(=O)N[C@H]1CCOC1=O.CCCC(=O)N[C@H]1CCOC1=O.CCCCCC(=O)CC(=O)N[C@H]1CCOC1=O.CCCCCC(=O)N[C@H]1CCOC1=O.CCCCCCCC(=O)CC(=O)N[C@H]1CCOC1=O.CCCCCCCC(=O)N[C@H]1CCOC1=O.CCCCCCCCCC(=O)N[C@H]1CCOC1=O.CCCCCCCCCCCC(=O)N[C@H]1CCOC1=O. The summed E-state index contributed by atoms with van der Waals surface area (Å²) in [5.41, 5.74) is 0. The van der Waals surface area contributed by atoms with Gasteiger partial charge in [-0.05, 0) is 58.3 Å². The molecule has 9 saturated heterocycles. The summed E-state index contributed by atoms with van der Waals surface area (Å²) in [6, 6.07) is -4.21. The number of Topliss-reactive ketones (excluding diaryl/α,β-unsaturated/α-hetero) is 3. The lowest BCUT2D eigenvalue weighted by atomic mass is 10.1. The number of cyclic esters (lactones) is 9. The van der Waals surface area contributed by atoms with Gasteiger partial charge < -0.3 is 95.6 Å². The number of hydrogen-bond donors (Lipinski definition) is 10. The number of esters is 9. The first-order valence-corrected chi connectivity index (χ1v) is 53.5. The van der Waals surface area contributed by atoms with Crippen LogP contribution in [0.2, 0.25) is 0 Å². The molecule has 822 valence electrons. The fourth-order valence-corrected chi connectivity index (χ4v) is 15.3. The first kappa shape index (κ1) is 131. The highest BCUT2D eigenvalue weighted by Crippen LogP contribution is 2.19.